The summed E-state index contributed by atoms with van der Waals surface area (Å²) in [4.78, 5) is 33.3. The minimum Gasteiger partial charge on any atom is -0.506 e. The van der Waals surface area contributed by atoms with Crippen LogP contribution in [0.1, 0.15) is 16.1 Å². The van der Waals surface area contributed by atoms with Gasteiger partial charge in [-0.2, -0.15) is 0 Å². The van der Waals surface area contributed by atoms with Crippen LogP contribution >= 0.6 is 0 Å². The maximum atomic E-state index is 12.8. The van der Waals surface area contributed by atoms with Gasteiger partial charge in [-0.25, -0.2) is 4.98 Å². The van der Waals surface area contributed by atoms with E-state index >= 15 is 0 Å². The van der Waals surface area contributed by atoms with E-state index in [4.69, 9.17) is 4.74 Å². The molecule has 0 atom stereocenters. The Bertz CT molecular complexity index is 1290. The van der Waals surface area contributed by atoms with Crippen LogP contribution < -0.4 is 15.6 Å². The molecule has 0 spiro atoms. The summed E-state index contributed by atoms with van der Waals surface area (Å²) in [7, 11) is 0. The highest BCUT2D eigenvalue weighted by Crippen LogP contribution is 2.28. The van der Waals surface area contributed by atoms with Gasteiger partial charge in [0.2, 0.25) is 0 Å². The van der Waals surface area contributed by atoms with Crippen molar-refractivity contribution in [2.75, 3.05) is 5.32 Å². The van der Waals surface area contributed by atoms with Crippen LogP contribution in [0.4, 0.5) is 5.69 Å². The fraction of sp³-hybridized carbons (Fsp3) is 0.0476. The second kappa shape index (κ2) is 7.92. The lowest BCUT2D eigenvalue weighted by molar-refractivity contribution is 0.101. The normalized spacial score (nSPS) is 10.7. The van der Waals surface area contributed by atoms with E-state index in [-0.39, 0.29) is 28.1 Å². The average molecular weight is 404 g/mol. The van der Waals surface area contributed by atoms with Crippen molar-refractivity contribution in [2.24, 2.45) is 0 Å². The number of rotatable bonds is 5. The summed E-state index contributed by atoms with van der Waals surface area (Å²) in [6.07, 6.45) is 2.99. The Hall–Kier alpha value is -4.40. The molecule has 4 aromatic rings. The molecule has 30 heavy (non-hydrogen) atoms. The number of ether oxygens (including phenoxy) is 1. The van der Waals surface area contributed by atoms with Crippen LogP contribution in [0.3, 0.4) is 0 Å². The summed E-state index contributed by atoms with van der Waals surface area (Å²) >= 11 is 0. The summed E-state index contributed by atoms with van der Waals surface area (Å²) in [6.45, 7) is 0.171. The quantitative estimate of drug-likeness (QED) is 0.436. The number of aromatic nitrogens is 3. The molecule has 3 heterocycles. The number of para-hydroxylation sites is 2. The van der Waals surface area contributed by atoms with E-state index in [0.717, 1.165) is 0 Å². The third-order valence-electron chi connectivity index (χ3n) is 4.35. The molecule has 0 aliphatic carbocycles. The molecule has 9 heteroatoms. The number of amides is 1. The molecule has 0 fully saturated rings. The maximum Gasteiger partial charge on any atom is 0.301 e. The number of anilines is 1. The van der Waals surface area contributed by atoms with E-state index in [1.807, 2.05) is 6.07 Å². The molecule has 0 bridgehead atoms. The highest BCUT2D eigenvalue weighted by atomic mass is 16.5. The van der Waals surface area contributed by atoms with E-state index in [0.29, 0.717) is 11.4 Å². The van der Waals surface area contributed by atoms with Crippen LogP contribution in [0.25, 0.3) is 11.0 Å². The molecular weight excluding hydrogens is 388 g/mol. The van der Waals surface area contributed by atoms with Crippen LogP contribution in [0.5, 0.6) is 11.5 Å². The average Bonchev–Trinajstić information content (AvgIpc) is 2.78. The number of hydrogen-bond donors (Lipinski definition) is 3. The first-order chi connectivity index (χ1) is 14.6. The van der Waals surface area contributed by atoms with E-state index in [2.05, 4.69) is 15.3 Å². The van der Waals surface area contributed by atoms with Gasteiger partial charge in [0.05, 0.1) is 16.8 Å². The number of aromatic hydroxyl groups is 1. The van der Waals surface area contributed by atoms with Crippen molar-refractivity contribution in [3.63, 3.8) is 0 Å². The van der Waals surface area contributed by atoms with E-state index in [9.17, 15) is 19.9 Å². The number of carbonyl (C=O) groups is 1. The molecule has 0 saturated heterocycles. The monoisotopic (exact) mass is 404 g/mol. The minimum atomic E-state index is -1.09. The summed E-state index contributed by atoms with van der Waals surface area (Å²) in [6, 6.07) is 15.0. The number of fused-ring (bicyclic) bond motifs is 1. The van der Waals surface area contributed by atoms with Crippen molar-refractivity contribution in [1.29, 1.82) is 0 Å². The molecule has 150 valence electrons. The van der Waals surface area contributed by atoms with Gasteiger partial charge in [0.15, 0.2) is 11.2 Å². The number of nitrogens with one attached hydrogen (secondary N) is 1. The van der Waals surface area contributed by atoms with Gasteiger partial charge in [0, 0.05) is 12.4 Å². The highest BCUT2D eigenvalue weighted by molar-refractivity contribution is 6.09. The Morgan fingerprint density at radius 2 is 1.80 bits per heavy atom. The largest absolute Gasteiger partial charge is 0.506 e. The van der Waals surface area contributed by atoms with Gasteiger partial charge in [-0.05, 0) is 36.4 Å². The lowest BCUT2D eigenvalue weighted by Gasteiger charge is -2.13. The lowest BCUT2D eigenvalue weighted by atomic mass is 10.1. The van der Waals surface area contributed by atoms with Gasteiger partial charge < -0.3 is 20.4 Å². The van der Waals surface area contributed by atoms with Crippen molar-refractivity contribution in [2.45, 2.75) is 6.61 Å². The van der Waals surface area contributed by atoms with Gasteiger partial charge in [0.25, 0.3) is 5.91 Å². The number of benzene rings is 1. The molecule has 0 unspecified atom stereocenters. The topological polar surface area (TPSA) is 127 Å². The van der Waals surface area contributed by atoms with Crippen molar-refractivity contribution < 1.29 is 19.8 Å². The number of carbonyl (C=O) groups excluding carboxylic acids is 1. The SMILES string of the molecule is O=C(Nc1ccccc1OCc1ccccn1)c1c(O)c2cccnc2n(O)c1=O. The van der Waals surface area contributed by atoms with Gasteiger partial charge in [-0.3, -0.25) is 14.6 Å². The molecule has 1 amide bonds. The van der Waals surface area contributed by atoms with Gasteiger partial charge in [-0.1, -0.05) is 18.2 Å². The van der Waals surface area contributed by atoms with E-state index in [1.165, 1.54) is 18.3 Å². The molecule has 0 aliphatic rings. The number of nitrogens with zero attached hydrogens (tertiary/aromatic N) is 3. The molecule has 9 nitrogen and oxygen atoms in total. The van der Waals surface area contributed by atoms with Crippen molar-refractivity contribution >= 4 is 22.6 Å². The highest BCUT2D eigenvalue weighted by Gasteiger charge is 2.23. The molecule has 0 saturated carbocycles. The van der Waals surface area contributed by atoms with Crippen LogP contribution in [0.2, 0.25) is 0 Å². The number of pyridine rings is 3. The Morgan fingerprint density at radius 3 is 2.60 bits per heavy atom. The van der Waals surface area contributed by atoms with Crippen molar-refractivity contribution in [3.05, 3.63) is 88.6 Å². The van der Waals surface area contributed by atoms with Gasteiger partial charge in [0.1, 0.15) is 18.1 Å². The Morgan fingerprint density at radius 1 is 1.03 bits per heavy atom. The summed E-state index contributed by atoms with van der Waals surface area (Å²) in [5.41, 5.74) is -0.884. The zero-order valence-corrected chi connectivity index (χ0v) is 15.5. The third-order valence-corrected chi connectivity index (χ3v) is 4.35. The fourth-order valence-electron chi connectivity index (χ4n) is 2.91. The first kappa shape index (κ1) is 18.9. The smallest absolute Gasteiger partial charge is 0.301 e. The summed E-state index contributed by atoms with van der Waals surface area (Å²) in [5.74, 6) is -1.12. The van der Waals surface area contributed by atoms with Crippen LogP contribution in [-0.2, 0) is 6.61 Å². The molecule has 3 N–H and O–H groups in total. The molecular formula is C21H16N4O5. The standard InChI is InChI=1S/C21H16N4O5/c26-18-14-7-5-11-23-19(14)25(29)21(28)17(18)20(27)24-15-8-1-2-9-16(15)30-12-13-6-3-4-10-22-13/h1-11,26,29H,12H2,(H,24,27). The predicted molar refractivity (Wildman–Crippen MR) is 108 cm³/mol. The summed E-state index contributed by atoms with van der Waals surface area (Å²) in [5, 5.41) is 23.1. The first-order valence-electron chi connectivity index (χ1n) is 8.91. The Labute approximate surface area is 169 Å². The lowest BCUT2D eigenvalue weighted by Crippen LogP contribution is -2.29. The molecule has 4 rings (SSSR count). The fourth-order valence-corrected chi connectivity index (χ4v) is 2.91. The van der Waals surface area contributed by atoms with Gasteiger partial charge >= 0.3 is 5.56 Å². The molecule has 1 aromatic carbocycles. The molecule has 0 aliphatic heterocycles. The minimum absolute atomic E-state index is 0.0597. The zero-order valence-electron chi connectivity index (χ0n) is 15.5. The second-order valence-electron chi connectivity index (χ2n) is 6.28. The summed E-state index contributed by atoms with van der Waals surface area (Å²) < 4.78 is 5.96. The van der Waals surface area contributed by atoms with Crippen LogP contribution in [-0.4, -0.2) is 30.9 Å². The first-order valence-corrected chi connectivity index (χ1v) is 8.91. The van der Waals surface area contributed by atoms with Crippen molar-refractivity contribution in [3.8, 4) is 11.5 Å². The van der Waals surface area contributed by atoms with Gasteiger partial charge in [-0.15, -0.1) is 4.73 Å². The van der Waals surface area contributed by atoms with E-state index < -0.39 is 22.8 Å². The zero-order chi connectivity index (χ0) is 21.1. The van der Waals surface area contributed by atoms with Crippen molar-refractivity contribution in [1.82, 2.24) is 14.7 Å². The van der Waals surface area contributed by atoms with Crippen LogP contribution in [0.15, 0.2) is 71.8 Å². The number of hydrogen-bond acceptors (Lipinski definition) is 7. The molecule has 3 aromatic heterocycles. The van der Waals surface area contributed by atoms with Crippen LogP contribution in [0, 0.1) is 0 Å². The predicted octanol–water partition coefficient (Wildman–Crippen LogP) is 2.57. The Balaban J connectivity index is 1.65. The molecule has 0 radical (unpaired) electrons. The van der Waals surface area contributed by atoms with E-state index in [1.54, 1.807) is 42.6 Å². The second-order valence-corrected chi connectivity index (χ2v) is 6.28. The third kappa shape index (κ3) is 3.51. The Kier molecular flexibility index (Phi) is 5.00. The maximum absolute atomic E-state index is 12.8.